The number of piperidine rings is 1. The van der Waals surface area contributed by atoms with Crippen molar-refractivity contribution in [3.8, 4) is 0 Å². The van der Waals surface area contributed by atoms with Crippen LogP contribution in [0.15, 0.2) is 60.7 Å². The summed E-state index contributed by atoms with van der Waals surface area (Å²) in [7, 11) is 0. The summed E-state index contributed by atoms with van der Waals surface area (Å²) in [4.78, 5) is 12.7. The molecule has 0 spiro atoms. The predicted molar refractivity (Wildman–Crippen MR) is 101 cm³/mol. The first-order chi connectivity index (χ1) is 12.7. The summed E-state index contributed by atoms with van der Waals surface area (Å²) in [6.07, 6.45) is 0.748. The van der Waals surface area contributed by atoms with Crippen molar-refractivity contribution in [3.05, 3.63) is 71.8 Å². The number of hydrogen-bond donors (Lipinski definition) is 4. The Morgan fingerprint density at radius 3 is 2.42 bits per heavy atom. The molecule has 1 saturated heterocycles. The van der Waals surface area contributed by atoms with Crippen LogP contribution in [0.5, 0.6) is 0 Å². The van der Waals surface area contributed by atoms with E-state index in [1.54, 1.807) is 12.1 Å². The molecule has 2 aromatic rings. The number of nitrogens with one attached hydrogen (secondary N) is 2. The van der Waals surface area contributed by atoms with E-state index in [4.69, 9.17) is 0 Å². The molecular weight excluding hydrogens is 328 g/mol. The minimum Gasteiger partial charge on any atom is -0.394 e. The number of carbonyl (C=O) groups excluding carboxylic acids is 1. The molecule has 0 aromatic heterocycles. The number of benzene rings is 2. The third kappa shape index (κ3) is 4.49. The second-order valence-electron chi connectivity index (χ2n) is 6.79. The second kappa shape index (κ2) is 8.94. The molecule has 5 nitrogen and oxygen atoms in total. The van der Waals surface area contributed by atoms with Gasteiger partial charge < -0.3 is 20.8 Å². The molecule has 0 saturated carbocycles. The first kappa shape index (κ1) is 18.6. The molecule has 0 radical (unpaired) electrons. The van der Waals surface area contributed by atoms with Crippen LogP contribution >= 0.6 is 0 Å². The summed E-state index contributed by atoms with van der Waals surface area (Å²) in [5.41, 5.74) is 1.92. The normalized spacial score (nSPS) is 22.4. The SMILES string of the molecule is O=C(N[C@@H](CO)[C@@H](O)c1ccccc1)[C@@H]1C[C@H](c2ccccc2)CCN1. The van der Waals surface area contributed by atoms with Crippen LogP contribution in [0.1, 0.15) is 36.0 Å². The smallest absolute Gasteiger partial charge is 0.237 e. The van der Waals surface area contributed by atoms with Crippen molar-refractivity contribution in [3.63, 3.8) is 0 Å². The Labute approximate surface area is 154 Å². The Kier molecular flexibility index (Phi) is 6.39. The van der Waals surface area contributed by atoms with Gasteiger partial charge in [0.25, 0.3) is 0 Å². The molecule has 1 aliphatic rings. The van der Waals surface area contributed by atoms with E-state index in [0.717, 1.165) is 13.0 Å². The molecule has 0 bridgehead atoms. The van der Waals surface area contributed by atoms with E-state index in [1.165, 1.54) is 5.56 Å². The molecule has 0 aliphatic carbocycles. The predicted octanol–water partition coefficient (Wildman–Crippen LogP) is 1.73. The van der Waals surface area contributed by atoms with Gasteiger partial charge in [0, 0.05) is 0 Å². The molecule has 0 unspecified atom stereocenters. The number of hydrogen-bond acceptors (Lipinski definition) is 4. The lowest BCUT2D eigenvalue weighted by atomic mass is 9.86. The Morgan fingerprint density at radius 2 is 1.77 bits per heavy atom. The second-order valence-corrected chi connectivity index (χ2v) is 6.79. The van der Waals surface area contributed by atoms with Gasteiger partial charge in [-0.15, -0.1) is 0 Å². The Morgan fingerprint density at radius 1 is 1.12 bits per heavy atom. The van der Waals surface area contributed by atoms with E-state index >= 15 is 0 Å². The molecule has 1 aliphatic heterocycles. The van der Waals surface area contributed by atoms with Crippen molar-refractivity contribution < 1.29 is 15.0 Å². The van der Waals surface area contributed by atoms with Crippen LogP contribution in [0.3, 0.4) is 0 Å². The van der Waals surface area contributed by atoms with Gasteiger partial charge in [0.05, 0.1) is 18.7 Å². The van der Waals surface area contributed by atoms with Crippen LogP contribution in [-0.2, 0) is 4.79 Å². The highest BCUT2D eigenvalue weighted by atomic mass is 16.3. The van der Waals surface area contributed by atoms with Crippen LogP contribution in [0.25, 0.3) is 0 Å². The molecule has 1 fully saturated rings. The van der Waals surface area contributed by atoms with Gasteiger partial charge in [0.15, 0.2) is 0 Å². The Bertz CT molecular complexity index is 693. The summed E-state index contributed by atoms with van der Waals surface area (Å²) in [5, 5.41) is 26.2. The molecule has 1 heterocycles. The van der Waals surface area contributed by atoms with E-state index in [-0.39, 0.29) is 18.6 Å². The van der Waals surface area contributed by atoms with Crippen LogP contribution in [0, 0.1) is 0 Å². The van der Waals surface area contributed by atoms with E-state index in [0.29, 0.717) is 17.9 Å². The average Bonchev–Trinajstić information content (AvgIpc) is 2.72. The van der Waals surface area contributed by atoms with Gasteiger partial charge in [-0.05, 0) is 36.4 Å². The maximum Gasteiger partial charge on any atom is 0.237 e. The lowest BCUT2D eigenvalue weighted by Gasteiger charge is -2.31. The van der Waals surface area contributed by atoms with Gasteiger partial charge >= 0.3 is 0 Å². The molecule has 138 valence electrons. The van der Waals surface area contributed by atoms with Crippen LogP contribution in [0.2, 0.25) is 0 Å². The molecule has 2 aromatic carbocycles. The van der Waals surface area contributed by atoms with Crippen LogP contribution < -0.4 is 10.6 Å². The molecule has 1 amide bonds. The largest absolute Gasteiger partial charge is 0.394 e. The van der Waals surface area contributed by atoms with E-state index < -0.39 is 12.1 Å². The minimum atomic E-state index is -0.946. The fourth-order valence-electron chi connectivity index (χ4n) is 3.54. The Balaban J connectivity index is 1.62. The first-order valence-electron chi connectivity index (χ1n) is 9.11. The summed E-state index contributed by atoms with van der Waals surface area (Å²) < 4.78 is 0. The third-order valence-corrected chi connectivity index (χ3v) is 5.04. The number of carbonyl (C=O) groups is 1. The molecule has 5 heteroatoms. The zero-order chi connectivity index (χ0) is 18.4. The summed E-state index contributed by atoms with van der Waals surface area (Å²) in [6.45, 7) is 0.444. The average molecular weight is 354 g/mol. The third-order valence-electron chi connectivity index (χ3n) is 5.04. The monoisotopic (exact) mass is 354 g/mol. The maximum atomic E-state index is 12.7. The zero-order valence-corrected chi connectivity index (χ0v) is 14.7. The zero-order valence-electron chi connectivity index (χ0n) is 14.7. The van der Waals surface area contributed by atoms with Crippen molar-refractivity contribution in [2.24, 2.45) is 0 Å². The van der Waals surface area contributed by atoms with Crippen molar-refractivity contribution in [1.82, 2.24) is 10.6 Å². The molecule has 26 heavy (non-hydrogen) atoms. The quantitative estimate of drug-likeness (QED) is 0.637. The van der Waals surface area contributed by atoms with Gasteiger partial charge in [-0.25, -0.2) is 0 Å². The van der Waals surface area contributed by atoms with Gasteiger partial charge in [-0.1, -0.05) is 60.7 Å². The van der Waals surface area contributed by atoms with Crippen LogP contribution in [0.4, 0.5) is 0 Å². The summed E-state index contributed by atoms with van der Waals surface area (Å²) in [5.74, 6) is 0.152. The maximum absolute atomic E-state index is 12.7. The molecule has 4 atom stereocenters. The highest BCUT2D eigenvalue weighted by Crippen LogP contribution is 2.27. The molecule has 4 N–H and O–H groups in total. The standard InChI is InChI=1S/C21H26N2O3/c24-14-19(20(25)16-9-5-2-6-10-16)23-21(26)18-13-17(11-12-22-18)15-7-3-1-4-8-15/h1-10,17-20,22,24-25H,11-14H2,(H,23,26)/t17-,18+,19+,20+/m1/s1. The van der Waals surface area contributed by atoms with Crippen molar-refractivity contribution in [2.45, 2.75) is 36.9 Å². The number of aliphatic hydroxyl groups is 2. The van der Waals surface area contributed by atoms with E-state index in [1.807, 2.05) is 36.4 Å². The molecular formula is C21H26N2O3. The number of rotatable bonds is 6. The Hall–Kier alpha value is -2.21. The summed E-state index contributed by atoms with van der Waals surface area (Å²) >= 11 is 0. The van der Waals surface area contributed by atoms with Crippen molar-refractivity contribution in [1.29, 1.82) is 0 Å². The fourth-order valence-corrected chi connectivity index (χ4v) is 3.54. The van der Waals surface area contributed by atoms with Gasteiger partial charge in [-0.3, -0.25) is 4.79 Å². The van der Waals surface area contributed by atoms with Gasteiger partial charge in [-0.2, -0.15) is 0 Å². The molecule has 3 rings (SSSR count). The van der Waals surface area contributed by atoms with E-state index in [2.05, 4.69) is 22.8 Å². The minimum absolute atomic E-state index is 0.181. The summed E-state index contributed by atoms with van der Waals surface area (Å²) in [6, 6.07) is 18.2. The number of aliphatic hydroxyl groups excluding tert-OH is 2. The highest BCUT2D eigenvalue weighted by Gasteiger charge is 2.30. The lowest BCUT2D eigenvalue weighted by Crippen LogP contribution is -2.53. The number of amides is 1. The lowest BCUT2D eigenvalue weighted by molar-refractivity contribution is -0.126. The van der Waals surface area contributed by atoms with Crippen molar-refractivity contribution in [2.75, 3.05) is 13.2 Å². The van der Waals surface area contributed by atoms with Crippen molar-refractivity contribution >= 4 is 5.91 Å². The fraction of sp³-hybridized carbons (Fsp3) is 0.381. The van der Waals surface area contributed by atoms with Gasteiger partial charge in [0.2, 0.25) is 5.91 Å². The van der Waals surface area contributed by atoms with Crippen LogP contribution in [-0.4, -0.2) is 41.4 Å². The topological polar surface area (TPSA) is 81.6 Å². The van der Waals surface area contributed by atoms with E-state index in [9.17, 15) is 15.0 Å². The first-order valence-corrected chi connectivity index (χ1v) is 9.11. The highest BCUT2D eigenvalue weighted by molar-refractivity contribution is 5.82. The van der Waals surface area contributed by atoms with Gasteiger partial charge in [0.1, 0.15) is 6.10 Å².